The van der Waals surface area contributed by atoms with E-state index in [4.69, 9.17) is 4.74 Å². The van der Waals surface area contributed by atoms with Crippen LogP contribution >= 0.6 is 0 Å². The molecule has 2 aromatic carbocycles. The van der Waals surface area contributed by atoms with Crippen LogP contribution in [0.4, 0.5) is 11.4 Å². The predicted octanol–water partition coefficient (Wildman–Crippen LogP) is 7.30. The number of imidazole rings is 1. The molecule has 7 heteroatoms. The molecule has 0 bridgehead atoms. The number of nitriles is 1. The number of hydrogen-bond donors (Lipinski definition) is 2. The number of anilines is 2. The van der Waals surface area contributed by atoms with Crippen molar-refractivity contribution in [2.75, 3.05) is 11.9 Å². The number of ether oxygens (including phenoxy) is 1. The highest BCUT2D eigenvalue weighted by Gasteiger charge is 2.16. The van der Waals surface area contributed by atoms with Crippen LogP contribution in [-0.4, -0.2) is 26.1 Å². The number of fused-ring (bicyclic) bond motifs is 1. The van der Waals surface area contributed by atoms with E-state index in [-0.39, 0.29) is 0 Å². The Hall–Kier alpha value is -4.57. The third-order valence-electron chi connectivity index (χ3n) is 6.93. The topological polar surface area (TPSA) is 91.5 Å². The van der Waals surface area contributed by atoms with Crippen LogP contribution in [0.3, 0.4) is 0 Å². The fourth-order valence-corrected chi connectivity index (χ4v) is 4.80. The van der Waals surface area contributed by atoms with Gasteiger partial charge in [-0.05, 0) is 68.1 Å². The van der Waals surface area contributed by atoms with Gasteiger partial charge >= 0.3 is 0 Å². The molecule has 7 nitrogen and oxygen atoms in total. The lowest BCUT2D eigenvalue weighted by Crippen LogP contribution is -2.02. The molecule has 0 saturated carbocycles. The Morgan fingerprint density at radius 2 is 1.87 bits per heavy atom. The van der Waals surface area contributed by atoms with Crippen LogP contribution in [0, 0.1) is 25.2 Å². The number of aromatic amines is 1. The molecule has 0 atom stereocenters. The minimum atomic E-state index is 0.507. The standard InChI is InChI=1S/C31H32N6O/c1-22-27-13-14-34-29(27)12-11-28(22)36-31-25(19-32)20-35-23(2)30(31)24-7-9-26(10-8-24)38-18-6-4-3-5-16-37-17-15-33-21-37/h7-15,17,20-21,34H,3-6,16,18H2,1-2H3,(H,35,36). The molecular weight excluding hydrogens is 472 g/mol. The second-order valence-corrected chi connectivity index (χ2v) is 9.51. The van der Waals surface area contributed by atoms with E-state index < -0.39 is 0 Å². The number of aromatic nitrogens is 4. The van der Waals surface area contributed by atoms with E-state index >= 15 is 0 Å². The summed E-state index contributed by atoms with van der Waals surface area (Å²) in [5, 5.41) is 14.6. The minimum Gasteiger partial charge on any atom is -0.494 e. The number of rotatable bonds is 11. The maximum atomic E-state index is 9.87. The maximum absolute atomic E-state index is 9.87. The highest BCUT2D eigenvalue weighted by atomic mass is 16.5. The van der Waals surface area contributed by atoms with Gasteiger partial charge in [0.05, 0.1) is 24.2 Å². The van der Waals surface area contributed by atoms with Crippen molar-refractivity contribution in [3.05, 3.63) is 90.4 Å². The molecule has 0 spiro atoms. The lowest BCUT2D eigenvalue weighted by molar-refractivity contribution is 0.304. The fraction of sp³-hybridized carbons (Fsp3) is 0.258. The van der Waals surface area contributed by atoms with Crippen molar-refractivity contribution in [1.29, 1.82) is 5.26 Å². The summed E-state index contributed by atoms with van der Waals surface area (Å²) in [5.41, 5.74) is 7.21. The Morgan fingerprint density at radius 3 is 2.66 bits per heavy atom. The monoisotopic (exact) mass is 504 g/mol. The van der Waals surface area contributed by atoms with E-state index in [2.05, 4.69) is 50.0 Å². The van der Waals surface area contributed by atoms with Crippen molar-refractivity contribution < 1.29 is 4.74 Å². The van der Waals surface area contributed by atoms with Crippen molar-refractivity contribution in [1.82, 2.24) is 19.5 Å². The Labute approximate surface area is 223 Å². The zero-order valence-electron chi connectivity index (χ0n) is 21.9. The first-order valence-electron chi connectivity index (χ1n) is 13.1. The molecule has 0 aliphatic rings. The Bertz CT molecular complexity index is 1540. The second-order valence-electron chi connectivity index (χ2n) is 9.51. The summed E-state index contributed by atoms with van der Waals surface area (Å²) in [6, 6.07) is 16.5. The van der Waals surface area contributed by atoms with Gasteiger partial charge in [-0.2, -0.15) is 5.26 Å². The largest absolute Gasteiger partial charge is 0.494 e. The molecule has 5 aromatic rings. The predicted molar refractivity (Wildman–Crippen MR) is 152 cm³/mol. The third kappa shape index (κ3) is 5.55. The van der Waals surface area contributed by atoms with Crippen LogP contribution in [-0.2, 0) is 6.54 Å². The summed E-state index contributed by atoms with van der Waals surface area (Å²) in [6.07, 6.45) is 13.8. The van der Waals surface area contributed by atoms with E-state index in [0.717, 1.165) is 76.2 Å². The summed E-state index contributed by atoms with van der Waals surface area (Å²) in [7, 11) is 0. The number of unbranched alkanes of at least 4 members (excludes halogenated alkanes) is 3. The van der Waals surface area contributed by atoms with Crippen molar-refractivity contribution >= 4 is 22.3 Å². The molecule has 0 aliphatic carbocycles. The van der Waals surface area contributed by atoms with Gasteiger partial charge < -0.3 is 19.6 Å². The Balaban J connectivity index is 1.26. The molecular formula is C31H32N6O. The van der Waals surface area contributed by atoms with Crippen molar-refractivity contribution in [3.8, 4) is 22.9 Å². The number of nitrogens with one attached hydrogen (secondary N) is 2. The molecule has 5 rings (SSSR count). The van der Waals surface area contributed by atoms with Gasteiger partial charge in [-0.3, -0.25) is 4.98 Å². The zero-order chi connectivity index (χ0) is 26.3. The van der Waals surface area contributed by atoms with Crippen molar-refractivity contribution in [2.24, 2.45) is 0 Å². The number of hydrogen-bond acceptors (Lipinski definition) is 5. The van der Waals surface area contributed by atoms with E-state index in [0.29, 0.717) is 12.2 Å². The van der Waals surface area contributed by atoms with E-state index in [9.17, 15) is 5.26 Å². The Kier molecular flexibility index (Phi) is 7.70. The summed E-state index contributed by atoms with van der Waals surface area (Å²) in [4.78, 5) is 11.8. The maximum Gasteiger partial charge on any atom is 0.119 e. The van der Waals surface area contributed by atoms with E-state index in [1.54, 1.807) is 6.20 Å². The zero-order valence-corrected chi connectivity index (χ0v) is 21.9. The Morgan fingerprint density at radius 1 is 1.03 bits per heavy atom. The number of nitrogens with zero attached hydrogens (tertiary/aromatic N) is 4. The van der Waals surface area contributed by atoms with Gasteiger partial charge in [0.2, 0.25) is 0 Å². The molecule has 192 valence electrons. The average molecular weight is 505 g/mol. The molecule has 3 heterocycles. The number of aryl methyl sites for hydroxylation is 3. The molecule has 0 aliphatic heterocycles. The lowest BCUT2D eigenvalue weighted by atomic mass is 9.99. The molecule has 0 unspecified atom stereocenters. The normalized spacial score (nSPS) is 11.0. The molecule has 2 N–H and O–H groups in total. The first-order valence-corrected chi connectivity index (χ1v) is 13.1. The summed E-state index contributed by atoms with van der Waals surface area (Å²) in [5.74, 6) is 0.845. The number of H-pyrrole nitrogens is 1. The van der Waals surface area contributed by atoms with Gasteiger partial charge in [-0.25, -0.2) is 4.98 Å². The summed E-state index contributed by atoms with van der Waals surface area (Å²) >= 11 is 0. The average Bonchev–Trinajstić information content (AvgIpc) is 3.63. The van der Waals surface area contributed by atoms with Crippen LogP contribution in [0.1, 0.15) is 42.5 Å². The quantitative estimate of drug-likeness (QED) is 0.184. The molecule has 0 radical (unpaired) electrons. The number of pyridine rings is 1. The van der Waals surface area contributed by atoms with Crippen molar-refractivity contribution in [3.63, 3.8) is 0 Å². The van der Waals surface area contributed by atoms with Gasteiger partial charge in [0.1, 0.15) is 11.8 Å². The van der Waals surface area contributed by atoms with Crippen molar-refractivity contribution in [2.45, 2.75) is 46.1 Å². The summed E-state index contributed by atoms with van der Waals surface area (Å²) < 4.78 is 8.11. The molecule has 3 aromatic heterocycles. The van der Waals surface area contributed by atoms with E-state index in [1.807, 2.05) is 62.2 Å². The highest BCUT2D eigenvalue weighted by molar-refractivity contribution is 5.92. The molecule has 0 fully saturated rings. The van der Waals surface area contributed by atoms with Crippen LogP contribution in [0.2, 0.25) is 0 Å². The minimum absolute atomic E-state index is 0.507. The SMILES string of the molecule is Cc1ncc(C#N)c(Nc2ccc3[nH]ccc3c2C)c1-c1ccc(OCCCCCCn2ccnc2)cc1. The fourth-order valence-electron chi connectivity index (χ4n) is 4.80. The van der Waals surface area contributed by atoms with Crippen LogP contribution in [0.5, 0.6) is 5.75 Å². The third-order valence-corrected chi connectivity index (χ3v) is 6.93. The smallest absolute Gasteiger partial charge is 0.119 e. The first kappa shape index (κ1) is 25.1. The van der Waals surface area contributed by atoms with Crippen LogP contribution in [0.25, 0.3) is 22.0 Å². The molecule has 0 saturated heterocycles. The van der Waals surface area contributed by atoms with Crippen LogP contribution < -0.4 is 10.1 Å². The van der Waals surface area contributed by atoms with Gasteiger partial charge in [0, 0.05) is 59.2 Å². The number of benzene rings is 2. The van der Waals surface area contributed by atoms with Gasteiger partial charge in [0.15, 0.2) is 0 Å². The van der Waals surface area contributed by atoms with Gasteiger partial charge in [0.25, 0.3) is 0 Å². The van der Waals surface area contributed by atoms with E-state index in [1.165, 1.54) is 6.42 Å². The van der Waals surface area contributed by atoms with Gasteiger partial charge in [-0.1, -0.05) is 25.0 Å². The molecule has 38 heavy (non-hydrogen) atoms. The highest BCUT2D eigenvalue weighted by Crippen LogP contribution is 2.37. The summed E-state index contributed by atoms with van der Waals surface area (Å²) in [6.45, 7) is 5.77. The first-order chi connectivity index (χ1) is 18.6. The lowest BCUT2D eigenvalue weighted by Gasteiger charge is -2.18. The van der Waals surface area contributed by atoms with Crippen LogP contribution in [0.15, 0.2) is 73.6 Å². The second kappa shape index (κ2) is 11.7. The van der Waals surface area contributed by atoms with Gasteiger partial charge in [-0.15, -0.1) is 0 Å². The molecule has 0 amide bonds.